The van der Waals surface area contributed by atoms with Gasteiger partial charge in [0, 0.05) is 58.4 Å². The zero-order valence-electron chi connectivity index (χ0n) is 28.9. The lowest BCUT2D eigenvalue weighted by Crippen LogP contribution is -1.96. The Morgan fingerprint density at radius 3 is 1.91 bits per heavy atom. The quantitative estimate of drug-likeness (QED) is 0.183. The molecule has 3 aromatic heterocycles. The molecule has 54 heavy (non-hydrogen) atoms. The van der Waals surface area contributed by atoms with Crippen molar-refractivity contribution in [2.24, 2.45) is 0 Å². The number of furan rings is 1. The molecular formula is C50H28N2OS. The lowest BCUT2D eigenvalue weighted by Gasteiger charge is -2.11. The van der Waals surface area contributed by atoms with Crippen molar-refractivity contribution in [1.29, 1.82) is 0 Å². The number of benzene rings is 8. The molecule has 0 saturated carbocycles. The first-order valence-electron chi connectivity index (χ1n) is 18.2. The topological polar surface area (TPSA) is 38.9 Å². The maximum Gasteiger partial charge on any atom is 0.160 e. The van der Waals surface area contributed by atoms with Gasteiger partial charge in [0.2, 0.25) is 0 Å². The van der Waals surface area contributed by atoms with Gasteiger partial charge in [-0.3, -0.25) is 0 Å². The van der Waals surface area contributed by atoms with E-state index in [-0.39, 0.29) is 0 Å². The molecular weight excluding hydrogens is 677 g/mol. The third-order valence-electron chi connectivity index (χ3n) is 11.1. The van der Waals surface area contributed by atoms with Gasteiger partial charge in [0.15, 0.2) is 5.82 Å². The highest BCUT2D eigenvalue weighted by molar-refractivity contribution is 7.25. The van der Waals surface area contributed by atoms with Crippen LogP contribution in [-0.2, 0) is 0 Å². The molecule has 1 aliphatic carbocycles. The molecule has 0 atom stereocenters. The first kappa shape index (κ1) is 29.7. The lowest BCUT2D eigenvalue weighted by atomic mass is 9.98. The van der Waals surface area contributed by atoms with Crippen LogP contribution >= 0.6 is 11.3 Å². The monoisotopic (exact) mass is 704 g/mol. The second-order valence-corrected chi connectivity index (χ2v) is 15.2. The van der Waals surface area contributed by atoms with Gasteiger partial charge in [-0.2, -0.15) is 0 Å². The molecule has 0 saturated heterocycles. The second-order valence-electron chi connectivity index (χ2n) is 14.1. The summed E-state index contributed by atoms with van der Waals surface area (Å²) in [5.74, 6) is 0.694. The summed E-state index contributed by atoms with van der Waals surface area (Å²) in [4.78, 5) is 10.6. The molecule has 0 spiro atoms. The fourth-order valence-electron chi connectivity index (χ4n) is 8.55. The van der Waals surface area contributed by atoms with Crippen LogP contribution in [0.2, 0.25) is 0 Å². The summed E-state index contributed by atoms with van der Waals surface area (Å²) in [5, 5.41) is 7.09. The van der Waals surface area contributed by atoms with Crippen LogP contribution in [-0.4, -0.2) is 9.97 Å². The van der Waals surface area contributed by atoms with Gasteiger partial charge in [-0.1, -0.05) is 127 Å². The van der Waals surface area contributed by atoms with Crippen LogP contribution in [0.3, 0.4) is 0 Å². The molecule has 0 aliphatic heterocycles. The number of rotatable bonds is 4. The van der Waals surface area contributed by atoms with E-state index in [9.17, 15) is 0 Å². The van der Waals surface area contributed by atoms with Crippen molar-refractivity contribution >= 4 is 64.2 Å². The highest BCUT2D eigenvalue weighted by atomic mass is 32.1. The van der Waals surface area contributed by atoms with Gasteiger partial charge in [-0.25, -0.2) is 9.97 Å². The Morgan fingerprint density at radius 1 is 0.370 bits per heavy atom. The Hall–Kier alpha value is -6.88. The summed E-state index contributed by atoms with van der Waals surface area (Å²) in [6.45, 7) is 0. The Kier molecular flexibility index (Phi) is 6.21. The van der Waals surface area contributed by atoms with Gasteiger partial charge in [0.05, 0.1) is 11.4 Å². The van der Waals surface area contributed by atoms with Crippen molar-refractivity contribution in [1.82, 2.24) is 9.97 Å². The van der Waals surface area contributed by atoms with Gasteiger partial charge in [-0.05, 0) is 75.8 Å². The van der Waals surface area contributed by atoms with Crippen LogP contribution in [0, 0.1) is 0 Å². The molecule has 0 N–H and O–H groups in total. The highest BCUT2D eigenvalue weighted by Crippen LogP contribution is 2.51. The molecule has 4 heteroatoms. The van der Waals surface area contributed by atoms with Crippen molar-refractivity contribution in [3.63, 3.8) is 0 Å². The fourth-order valence-corrected chi connectivity index (χ4v) is 9.68. The van der Waals surface area contributed by atoms with E-state index >= 15 is 0 Å². The molecule has 8 aromatic carbocycles. The summed E-state index contributed by atoms with van der Waals surface area (Å²) < 4.78 is 9.20. The van der Waals surface area contributed by atoms with E-state index < -0.39 is 0 Å². The van der Waals surface area contributed by atoms with Gasteiger partial charge in [0.1, 0.15) is 11.2 Å². The fraction of sp³-hybridized carbons (Fsp3) is 0. The minimum atomic E-state index is 0.694. The first-order valence-corrected chi connectivity index (χ1v) is 19.0. The van der Waals surface area contributed by atoms with Crippen LogP contribution in [0.25, 0.3) is 120 Å². The smallest absolute Gasteiger partial charge is 0.160 e. The molecule has 0 bridgehead atoms. The van der Waals surface area contributed by atoms with E-state index in [2.05, 4.69) is 164 Å². The summed E-state index contributed by atoms with van der Waals surface area (Å²) in [6.07, 6.45) is 0. The molecule has 0 fully saturated rings. The highest BCUT2D eigenvalue weighted by Gasteiger charge is 2.25. The van der Waals surface area contributed by atoms with Crippen molar-refractivity contribution in [2.45, 2.75) is 0 Å². The second kappa shape index (κ2) is 11.3. The largest absolute Gasteiger partial charge is 0.455 e. The molecule has 0 unspecified atom stereocenters. The average Bonchev–Trinajstić information content (AvgIpc) is 3.92. The van der Waals surface area contributed by atoms with E-state index in [1.165, 1.54) is 53.4 Å². The predicted molar refractivity (Wildman–Crippen MR) is 226 cm³/mol. The van der Waals surface area contributed by atoms with E-state index in [0.717, 1.165) is 61.0 Å². The lowest BCUT2D eigenvalue weighted by molar-refractivity contribution is 0.673. The van der Waals surface area contributed by atoms with Crippen molar-refractivity contribution in [3.05, 3.63) is 170 Å². The summed E-state index contributed by atoms with van der Waals surface area (Å²) in [6, 6.07) is 60.5. The first-order chi connectivity index (χ1) is 26.7. The van der Waals surface area contributed by atoms with Crippen LogP contribution in [0.5, 0.6) is 0 Å². The minimum Gasteiger partial charge on any atom is -0.455 e. The minimum absolute atomic E-state index is 0.694. The number of hydrogen-bond acceptors (Lipinski definition) is 4. The Bertz CT molecular complexity index is 3320. The summed E-state index contributed by atoms with van der Waals surface area (Å²) >= 11 is 1.82. The van der Waals surface area contributed by atoms with Crippen molar-refractivity contribution in [3.8, 4) is 67.3 Å². The number of nitrogens with zero attached hydrogens (tertiary/aromatic N) is 2. The predicted octanol–water partition coefficient (Wildman–Crippen LogP) is 14.2. The van der Waals surface area contributed by atoms with Crippen molar-refractivity contribution < 1.29 is 4.42 Å². The summed E-state index contributed by atoms with van der Waals surface area (Å²) in [5.41, 5.74) is 14.1. The summed E-state index contributed by atoms with van der Waals surface area (Å²) in [7, 11) is 0. The number of fused-ring (bicyclic) bond motifs is 10. The van der Waals surface area contributed by atoms with Crippen LogP contribution in [0.1, 0.15) is 0 Å². The third-order valence-corrected chi connectivity index (χ3v) is 12.2. The van der Waals surface area contributed by atoms with Crippen LogP contribution in [0.15, 0.2) is 174 Å². The Balaban J connectivity index is 1.08. The molecule has 1 aliphatic rings. The molecule has 3 nitrogen and oxygen atoms in total. The zero-order chi connectivity index (χ0) is 35.3. The number of hydrogen-bond donors (Lipinski definition) is 0. The van der Waals surface area contributed by atoms with Gasteiger partial charge >= 0.3 is 0 Å². The van der Waals surface area contributed by atoms with Gasteiger partial charge in [0.25, 0.3) is 0 Å². The Morgan fingerprint density at radius 2 is 1.02 bits per heavy atom. The Labute approximate surface area is 314 Å². The third kappa shape index (κ3) is 4.35. The molecule has 250 valence electrons. The van der Waals surface area contributed by atoms with E-state index in [4.69, 9.17) is 14.4 Å². The van der Waals surface area contributed by atoms with Crippen molar-refractivity contribution in [2.75, 3.05) is 0 Å². The van der Waals surface area contributed by atoms with Gasteiger partial charge < -0.3 is 4.42 Å². The van der Waals surface area contributed by atoms with E-state index in [1.54, 1.807) is 0 Å². The van der Waals surface area contributed by atoms with E-state index in [0.29, 0.717) is 5.82 Å². The number of thiophene rings is 1. The maximum absolute atomic E-state index is 6.68. The molecule has 12 rings (SSSR count). The normalized spacial score (nSPS) is 12.1. The molecule has 0 radical (unpaired) electrons. The number of aromatic nitrogens is 2. The SMILES string of the molecule is c1ccc(-c2ccc(-c3nc(-c4ccc5oc6c7cccc8c7c(cc6c5c4)-c4ccccc4-8)cc(-c4cccc5sc6ccccc6c45)n3)cc2)cc1. The maximum atomic E-state index is 6.68. The van der Waals surface area contributed by atoms with Gasteiger partial charge in [-0.15, -0.1) is 11.3 Å². The van der Waals surface area contributed by atoms with E-state index in [1.807, 2.05) is 17.4 Å². The molecule has 3 heterocycles. The standard InChI is InChI=1S/C50H28N2OS/c1-2-10-29(11-3-1)30-20-22-31(23-21-30)50-51-42(28-43(52-50)36-16-9-19-46-48(36)37-14-6-7-18-45(37)54-46)32-24-25-44-39(26-32)41-27-40-34-13-5-4-12-33(34)35-15-8-17-38(47(35)40)49(41)53-44/h1-28H. The van der Waals surface area contributed by atoms with Crippen LogP contribution < -0.4 is 0 Å². The van der Waals surface area contributed by atoms with Crippen LogP contribution in [0.4, 0.5) is 0 Å². The molecule has 11 aromatic rings. The molecule has 0 amide bonds. The zero-order valence-corrected chi connectivity index (χ0v) is 29.7. The average molecular weight is 705 g/mol.